The molecule has 5 N–H and O–H groups in total. The van der Waals surface area contributed by atoms with Crippen LogP contribution in [0.15, 0.2) is 18.2 Å². The maximum atomic E-state index is 9.71. The van der Waals surface area contributed by atoms with Gasteiger partial charge >= 0.3 is 0 Å². The summed E-state index contributed by atoms with van der Waals surface area (Å²) >= 11 is 0. The van der Waals surface area contributed by atoms with Gasteiger partial charge in [-0.1, -0.05) is 6.07 Å². The first-order valence-electron chi connectivity index (χ1n) is 4.98. The number of hydrogen-bond acceptors (Lipinski definition) is 4. The molecule has 1 aromatic rings. The topological polar surface area (TPSA) is 86.7 Å². The number of hydrogen-bond donors (Lipinski definition) is 4. The molecule has 0 radical (unpaired) electrons. The quantitative estimate of drug-likeness (QED) is 0.569. The van der Waals surface area contributed by atoms with Crippen LogP contribution in [0, 0.1) is 0 Å². The lowest BCUT2D eigenvalue weighted by atomic mass is 9.62. The molecule has 0 spiro atoms. The number of benzene rings is 1. The minimum absolute atomic E-state index is 0.0308. The third kappa shape index (κ3) is 1.56. The summed E-state index contributed by atoms with van der Waals surface area (Å²) in [5, 5.41) is 28.2. The lowest BCUT2D eigenvalue weighted by Gasteiger charge is -2.45. The van der Waals surface area contributed by atoms with Gasteiger partial charge in [-0.15, -0.1) is 0 Å². The van der Waals surface area contributed by atoms with Gasteiger partial charge in [0, 0.05) is 23.6 Å². The maximum Gasteiger partial charge on any atom is 0.123 e. The number of phenolic OH excluding ortho intramolecular Hbond substituents is 2. The molecule has 0 amide bonds. The van der Waals surface area contributed by atoms with Crippen molar-refractivity contribution in [3.63, 3.8) is 0 Å². The van der Waals surface area contributed by atoms with Crippen LogP contribution in [0.1, 0.15) is 18.4 Å². The zero-order chi connectivity index (χ0) is 11.1. The van der Waals surface area contributed by atoms with E-state index in [2.05, 4.69) is 0 Å². The monoisotopic (exact) mass is 209 g/mol. The van der Waals surface area contributed by atoms with Crippen molar-refractivity contribution in [1.29, 1.82) is 0 Å². The van der Waals surface area contributed by atoms with Gasteiger partial charge in [0.05, 0.1) is 6.10 Å². The van der Waals surface area contributed by atoms with E-state index >= 15 is 0 Å². The van der Waals surface area contributed by atoms with Crippen molar-refractivity contribution < 1.29 is 15.3 Å². The Bertz CT molecular complexity index is 372. The molecule has 1 aliphatic carbocycles. The molecule has 0 bridgehead atoms. The van der Waals surface area contributed by atoms with Crippen LogP contribution in [0.25, 0.3) is 0 Å². The van der Waals surface area contributed by atoms with Crippen LogP contribution < -0.4 is 5.73 Å². The van der Waals surface area contributed by atoms with Gasteiger partial charge in [-0.3, -0.25) is 0 Å². The Morgan fingerprint density at radius 2 is 2.00 bits per heavy atom. The van der Waals surface area contributed by atoms with Crippen LogP contribution >= 0.6 is 0 Å². The number of aliphatic hydroxyl groups excluding tert-OH is 1. The van der Waals surface area contributed by atoms with E-state index in [-0.39, 0.29) is 23.0 Å². The molecule has 0 aliphatic heterocycles. The Morgan fingerprint density at radius 3 is 2.47 bits per heavy atom. The van der Waals surface area contributed by atoms with Crippen LogP contribution in [0.3, 0.4) is 0 Å². The molecule has 4 nitrogen and oxygen atoms in total. The first-order chi connectivity index (χ1) is 7.07. The fraction of sp³-hybridized carbons (Fsp3) is 0.455. The van der Waals surface area contributed by atoms with E-state index in [9.17, 15) is 15.3 Å². The molecular formula is C11H15NO3. The fourth-order valence-corrected chi connectivity index (χ4v) is 2.31. The van der Waals surface area contributed by atoms with Gasteiger partial charge < -0.3 is 21.1 Å². The van der Waals surface area contributed by atoms with Gasteiger partial charge in [0.15, 0.2) is 0 Å². The smallest absolute Gasteiger partial charge is 0.123 e. The highest BCUT2D eigenvalue weighted by atomic mass is 16.3. The SMILES string of the molecule is NCC1(c2ccc(O)cc2O)CC(O)C1. The predicted molar refractivity (Wildman–Crippen MR) is 55.7 cm³/mol. The van der Waals surface area contributed by atoms with E-state index in [1.807, 2.05) is 0 Å². The molecule has 2 rings (SSSR count). The average Bonchev–Trinajstić information content (AvgIpc) is 2.13. The normalized spacial score (nSPS) is 29.9. The minimum atomic E-state index is -0.332. The highest BCUT2D eigenvalue weighted by molar-refractivity contribution is 5.45. The second kappa shape index (κ2) is 3.40. The Hall–Kier alpha value is -1.26. The van der Waals surface area contributed by atoms with Crippen LogP contribution in [0.4, 0.5) is 0 Å². The largest absolute Gasteiger partial charge is 0.508 e. The van der Waals surface area contributed by atoms with Crippen molar-refractivity contribution in [2.45, 2.75) is 24.4 Å². The van der Waals surface area contributed by atoms with E-state index in [0.29, 0.717) is 24.9 Å². The van der Waals surface area contributed by atoms with E-state index in [4.69, 9.17) is 5.73 Å². The Morgan fingerprint density at radius 1 is 1.33 bits per heavy atom. The third-order valence-corrected chi connectivity index (χ3v) is 3.20. The number of phenols is 2. The Kier molecular flexibility index (Phi) is 2.32. The second-order valence-corrected chi connectivity index (χ2v) is 4.25. The summed E-state index contributed by atoms with van der Waals surface area (Å²) in [6, 6.07) is 4.50. The van der Waals surface area contributed by atoms with Gasteiger partial charge in [-0.25, -0.2) is 0 Å². The van der Waals surface area contributed by atoms with E-state index in [0.717, 1.165) is 0 Å². The zero-order valence-corrected chi connectivity index (χ0v) is 8.35. The van der Waals surface area contributed by atoms with Crippen molar-refractivity contribution in [3.05, 3.63) is 23.8 Å². The third-order valence-electron chi connectivity index (χ3n) is 3.20. The molecule has 0 heterocycles. The molecule has 0 unspecified atom stereocenters. The number of rotatable bonds is 2. The van der Waals surface area contributed by atoms with Crippen LogP contribution in [0.5, 0.6) is 11.5 Å². The van der Waals surface area contributed by atoms with Crippen molar-refractivity contribution >= 4 is 0 Å². The molecule has 1 saturated carbocycles. The van der Waals surface area contributed by atoms with Gasteiger partial charge in [-0.05, 0) is 18.9 Å². The standard InChI is InChI=1S/C11H15NO3/c12-6-11(4-8(14)5-11)9-2-1-7(13)3-10(9)15/h1-3,8,13-15H,4-6,12H2. The summed E-state index contributed by atoms with van der Waals surface area (Å²) in [6.45, 7) is 0.391. The van der Waals surface area contributed by atoms with Crippen molar-refractivity contribution in [2.75, 3.05) is 6.54 Å². The molecule has 0 saturated heterocycles. The van der Waals surface area contributed by atoms with Crippen LogP contribution in [-0.2, 0) is 5.41 Å². The summed E-state index contributed by atoms with van der Waals surface area (Å²) in [4.78, 5) is 0. The van der Waals surface area contributed by atoms with Crippen molar-refractivity contribution in [1.82, 2.24) is 0 Å². The highest BCUT2D eigenvalue weighted by Gasteiger charge is 2.45. The summed E-state index contributed by atoms with van der Waals surface area (Å²) in [5.41, 5.74) is 6.08. The second-order valence-electron chi connectivity index (χ2n) is 4.25. The predicted octanol–water partition coefficient (Wildman–Crippen LogP) is 0.449. The molecule has 1 fully saturated rings. The van der Waals surface area contributed by atoms with E-state index < -0.39 is 0 Å². The van der Waals surface area contributed by atoms with E-state index in [1.54, 1.807) is 6.07 Å². The molecule has 1 aromatic carbocycles. The Labute approximate surface area is 88.0 Å². The first-order valence-corrected chi connectivity index (χ1v) is 4.98. The average molecular weight is 209 g/mol. The summed E-state index contributed by atoms with van der Waals surface area (Å²) in [5.74, 6) is 0.0793. The minimum Gasteiger partial charge on any atom is -0.508 e. The van der Waals surface area contributed by atoms with Gasteiger partial charge in [-0.2, -0.15) is 0 Å². The van der Waals surface area contributed by atoms with Gasteiger partial charge in [0.25, 0.3) is 0 Å². The first kappa shape index (κ1) is 10.3. The summed E-state index contributed by atoms with van der Waals surface area (Å²) in [6.07, 6.45) is 0.811. The molecule has 0 aromatic heterocycles. The fourth-order valence-electron chi connectivity index (χ4n) is 2.31. The molecule has 82 valence electrons. The number of aliphatic hydroxyl groups is 1. The lowest BCUT2D eigenvalue weighted by molar-refractivity contribution is 0.0211. The van der Waals surface area contributed by atoms with Crippen molar-refractivity contribution in [3.8, 4) is 11.5 Å². The van der Waals surface area contributed by atoms with Crippen molar-refractivity contribution in [2.24, 2.45) is 5.73 Å². The number of aromatic hydroxyl groups is 2. The molecule has 15 heavy (non-hydrogen) atoms. The molecule has 1 aliphatic rings. The van der Waals surface area contributed by atoms with Gasteiger partial charge in [0.1, 0.15) is 11.5 Å². The molecular weight excluding hydrogens is 194 g/mol. The van der Waals surface area contributed by atoms with E-state index in [1.165, 1.54) is 12.1 Å². The lowest BCUT2D eigenvalue weighted by Crippen LogP contribution is -2.49. The Balaban J connectivity index is 2.36. The highest BCUT2D eigenvalue weighted by Crippen LogP contribution is 2.46. The summed E-state index contributed by atoms with van der Waals surface area (Å²) < 4.78 is 0. The summed E-state index contributed by atoms with van der Waals surface area (Å²) in [7, 11) is 0. The van der Waals surface area contributed by atoms with Gasteiger partial charge in [0.2, 0.25) is 0 Å². The van der Waals surface area contributed by atoms with Crippen LogP contribution in [-0.4, -0.2) is 28.0 Å². The zero-order valence-electron chi connectivity index (χ0n) is 8.35. The molecule has 4 heteroatoms. The molecule has 0 atom stereocenters. The van der Waals surface area contributed by atoms with Crippen LogP contribution in [0.2, 0.25) is 0 Å². The number of nitrogens with two attached hydrogens (primary N) is 1. The maximum absolute atomic E-state index is 9.71.